The molecule has 1 heterocycles. The number of nitro groups is 1. The molecule has 0 aliphatic carbocycles. The van der Waals surface area contributed by atoms with Crippen molar-refractivity contribution in [3.05, 3.63) is 99.7 Å². The zero-order valence-electron chi connectivity index (χ0n) is 21.2. The summed E-state index contributed by atoms with van der Waals surface area (Å²) in [4.78, 5) is 25.8. The van der Waals surface area contributed by atoms with E-state index in [0.29, 0.717) is 41.4 Å². The molecule has 0 fully saturated rings. The highest BCUT2D eigenvalue weighted by atomic mass is 16.6. The molecule has 9 heteroatoms. The van der Waals surface area contributed by atoms with Gasteiger partial charge >= 0.3 is 0 Å². The number of aryl methyl sites for hydroxylation is 1. The summed E-state index contributed by atoms with van der Waals surface area (Å²) in [6.07, 6.45) is 0.621. The highest BCUT2D eigenvalue weighted by Gasteiger charge is 2.21. The molecular formula is C28H28N4O5. The average Bonchev–Trinajstić information content (AvgIpc) is 3.36. The number of carbonyl (C=O) groups excluding carboxylic acids is 1. The summed E-state index contributed by atoms with van der Waals surface area (Å²) < 4.78 is 12.3. The average molecular weight is 501 g/mol. The van der Waals surface area contributed by atoms with E-state index < -0.39 is 4.92 Å². The summed E-state index contributed by atoms with van der Waals surface area (Å²) in [6, 6.07) is 21.3. The molecule has 0 radical (unpaired) electrons. The number of hydrogen-bond donors (Lipinski definition) is 0. The Hall–Kier alpha value is -4.66. The van der Waals surface area contributed by atoms with Crippen LogP contribution in [-0.4, -0.2) is 53.3 Å². The van der Waals surface area contributed by atoms with E-state index in [9.17, 15) is 14.9 Å². The second-order valence-corrected chi connectivity index (χ2v) is 8.64. The third-order valence-electron chi connectivity index (χ3n) is 6.08. The molecule has 3 aromatic carbocycles. The maximum absolute atomic E-state index is 13.6. The number of rotatable bonds is 9. The van der Waals surface area contributed by atoms with Gasteiger partial charge in [-0.05, 0) is 66.9 Å². The molecule has 1 aromatic heterocycles. The van der Waals surface area contributed by atoms with E-state index in [1.165, 1.54) is 12.1 Å². The van der Waals surface area contributed by atoms with Crippen molar-refractivity contribution in [1.82, 2.24) is 14.7 Å². The van der Waals surface area contributed by atoms with E-state index >= 15 is 0 Å². The zero-order chi connectivity index (χ0) is 26.5. The summed E-state index contributed by atoms with van der Waals surface area (Å²) in [5.41, 5.74) is 4.42. The molecule has 0 bridgehead atoms. The van der Waals surface area contributed by atoms with Gasteiger partial charge < -0.3 is 14.4 Å². The van der Waals surface area contributed by atoms with Crippen LogP contribution in [0.1, 0.15) is 21.6 Å². The van der Waals surface area contributed by atoms with Crippen molar-refractivity contribution >= 4 is 11.6 Å². The van der Waals surface area contributed by atoms with Crippen LogP contribution in [-0.2, 0) is 6.42 Å². The Morgan fingerprint density at radius 3 is 2.38 bits per heavy atom. The van der Waals surface area contributed by atoms with Crippen molar-refractivity contribution in [2.24, 2.45) is 0 Å². The van der Waals surface area contributed by atoms with Crippen LogP contribution in [0.4, 0.5) is 5.69 Å². The third-order valence-corrected chi connectivity index (χ3v) is 6.08. The van der Waals surface area contributed by atoms with Gasteiger partial charge in [-0.1, -0.05) is 18.2 Å². The smallest absolute Gasteiger partial charge is 0.272 e. The van der Waals surface area contributed by atoms with Gasteiger partial charge in [0.05, 0.1) is 30.5 Å². The minimum atomic E-state index is -0.447. The first-order valence-corrected chi connectivity index (χ1v) is 11.7. The summed E-state index contributed by atoms with van der Waals surface area (Å²) in [5.74, 6) is 1.10. The second-order valence-electron chi connectivity index (χ2n) is 8.64. The van der Waals surface area contributed by atoms with E-state index in [0.717, 1.165) is 16.8 Å². The molecule has 0 unspecified atom stereocenters. The van der Waals surface area contributed by atoms with E-state index in [4.69, 9.17) is 14.6 Å². The number of amides is 1. The molecule has 4 aromatic rings. The fourth-order valence-electron chi connectivity index (χ4n) is 4.01. The Balaban J connectivity index is 1.63. The van der Waals surface area contributed by atoms with E-state index in [1.807, 2.05) is 49.4 Å². The number of nitrogens with zero attached hydrogens (tertiary/aromatic N) is 4. The molecule has 0 saturated heterocycles. The van der Waals surface area contributed by atoms with Crippen LogP contribution in [0.2, 0.25) is 0 Å². The number of benzene rings is 3. The molecule has 0 N–H and O–H groups in total. The lowest BCUT2D eigenvalue weighted by Gasteiger charge is -2.18. The van der Waals surface area contributed by atoms with Crippen LogP contribution in [0.3, 0.4) is 0 Å². The number of aromatic nitrogens is 2. The van der Waals surface area contributed by atoms with Gasteiger partial charge in [-0.15, -0.1) is 0 Å². The Labute approximate surface area is 215 Å². The predicted octanol–water partition coefficient (Wildman–Crippen LogP) is 5.09. The minimum Gasteiger partial charge on any atom is -0.493 e. The molecule has 37 heavy (non-hydrogen) atoms. The summed E-state index contributed by atoms with van der Waals surface area (Å²) >= 11 is 0. The molecule has 0 saturated carbocycles. The first kappa shape index (κ1) is 25.4. The van der Waals surface area contributed by atoms with Crippen molar-refractivity contribution in [3.63, 3.8) is 0 Å². The summed E-state index contributed by atoms with van der Waals surface area (Å²) in [5, 5.41) is 15.7. The van der Waals surface area contributed by atoms with Crippen molar-refractivity contribution in [1.29, 1.82) is 0 Å². The number of non-ortho nitro benzene ring substituents is 1. The Bertz CT molecular complexity index is 1430. The van der Waals surface area contributed by atoms with Crippen molar-refractivity contribution < 1.29 is 19.2 Å². The van der Waals surface area contributed by atoms with Crippen molar-refractivity contribution in [3.8, 4) is 28.4 Å². The van der Waals surface area contributed by atoms with Crippen LogP contribution in [0, 0.1) is 17.0 Å². The van der Waals surface area contributed by atoms with Crippen LogP contribution in [0.15, 0.2) is 72.8 Å². The Kier molecular flexibility index (Phi) is 7.52. The quantitative estimate of drug-likeness (QED) is 0.235. The third kappa shape index (κ3) is 5.61. The highest BCUT2D eigenvalue weighted by Crippen LogP contribution is 2.28. The molecular weight excluding hydrogens is 472 g/mol. The van der Waals surface area contributed by atoms with Crippen LogP contribution >= 0.6 is 0 Å². The maximum Gasteiger partial charge on any atom is 0.272 e. The molecule has 0 aliphatic heterocycles. The molecule has 0 spiro atoms. The van der Waals surface area contributed by atoms with E-state index in [-0.39, 0.29) is 11.6 Å². The topological polar surface area (TPSA) is 99.7 Å². The molecule has 190 valence electrons. The normalized spacial score (nSPS) is 10.7. The van der Waals surface area contributed by atoms with Gasteiger partial charge in [0.15, 0.2) is 11.5 Å². The predicted molar refractivity (Wildman–Crippen MR) is 141 cm³/mol. The van der Waals surface area contributed by atoms with Gasteiger partial charge in [0.1, 0.15) is 5.69 Å². The number of nitro benzene ring substituents is 1. The maximum atomic E-state index is 13.6. The molecule has 1 amide bonds. The minimum absolute atomic E-state index is 0.00642. The summed E-state index contributed by atoms with van der Waals surface area (Å²) in [6.45, 7) is 2.45. The van der Waals surface area contributed by atoms with Gasteiger partial charge in [0.25, 0.3) is 11.6 Å². The first-order chi connectivity index (χ1) is 17.8. The lowest BCUT2D eigenvalue weighted by Crippen LogP contribution is -2.30. The Morgan fingerprint density at radius 2 is 1.73 bits per heavy atom. The van der Waals surface area contributed by atoms with Crippen molar-refractivity contribution in [2.75, 3.05) is 27.8 Å². The van der Waals surface area contributed by atoms with Gasteiger partial charge in [0, 0.05) is 31.3 Å². The van der Waals surface area contributed by atoms with Crippen LogP contribution < -0.4 is 9.47 Å². The molecule has 0 aliphatic rings. The number of likely N-dealkylation sites (N-methyl/N-ethyl adjacent to an activating group) is 1. The zero-order valence-corrected chi connectivity index (χ0v) is 21.2. The van der Waals surface area contributed by atoms with E-state index in [2.05, 4.69) is 0 Å². The fourth-order valence-corrected chi connectivity index (χ4v) is 4.01. The SMILES string of the molecule is COc1ccc(CCN(C)C(=O)c2cc(-c3ccc([N+](=O)[O-])cc3)nn2-c2cccc(C)c2)cc1OC. The molecule has 4 rings (SSSR count). The van der Waals surface area contributed by atoms with Gasteiger partial charge in [-0.25, -0.2) is 4.68 Å². The molecule has 9 nitrogen and oxygen atoms in total. The number of ether oxygens (including phenoxy) is 2. The van der Waals surface area contributed by atoms with Gasteiger partial charge in [-0.2, -0.15) is 5.10 Å². The highest BCUT2D eigenvalue weighted by molar-refractivity contribution is 5.94. The van der Waals surface area contributed by atoms with Crippen LogP contribution in [0.25, 0.3) is 16.9 Å². The van der Waals surface area contributed by atoms with Gasteiger partial charge in [0.2, 0.25) is 0 Å². The molecule has 0 atom stereocenters. The number of carbonyl (C=O) groups is 1. The second kappa shape index (κ2) is 10.9. The standard InChI is InChI=1S/C28H28N4O5/c1-19-6-5-7-23(16-19)31-25(18-24(29-31)21-9-11-22(12-10-21)32(34)35)28(33)30(2)15-14-20-8-13-26(36-3)27(17-20)37-4/h5-13,16-18H,14-15H2,1-4H3. The largest absolute Gasteiger partial charge is 0.493 e. The summed E-state index contributed by atoms with van der Waals surface area (Å²) in [7, 11) is 4.93. The van der Waals surface area contributed by atoms with Crippen molar-refractivity contribution in [2.45, 2.75) is 13.3 Å². The van der Waals surface area contributed by atoms with Gasteiger partial charge in [-0.3, -0.25) is 14.9 Å². The fraction of sp³-hybridized carbons (Fsp3) is 0.214. The number of methoxy groups -OCH3 is 2. The first-order valence-electron chi connectivity index (χ1n) is 11.7. The lowest BCUT2D eigenvalue weighted by molar-refractivity contribution is -0.384. The lowest BCUT2D eigenvalue weighted by atomic mass is 10.1. The Morgan fingerprint density at radius 1 is 1.00 bits per heavy atom. The number of hydrogen-bond acceptors (Lipinski definition) is 6. The van der Waals surface area contributed by atoms with E-state index in [1.54, 1.807) is 49.0 Å². The monoisotopic (exact) mass is 500 g/mol. The van der Waals surface area contributed by atoms with Crippen LogP contribution in [0.5, 0.6) is 11.5 Å².